The van der Waals surface area contributed by atoms with E-state index in [2.05, 4.69) is 173 Å². The molecule has 64 heavy (non-hydrogen) atoms. The zero-order valence-electron chi connectivity index (χ0n) is 36.2. The summed E-state index contributed by atoms with van der Waals surface area (Å²) in [6.45, 7) is 0. The molecule has 2 atom stereocenters. The molecule has 2 heterocycles. The molecule has 6 heteroatoms. The average molecular weight is 1230 g/mol. The minimum Gasteiger partial charge on any atom is -0.366 e. The Hall–Kier alpha value is -4.92. The molecule has 1 aliphatic rings. The molecular formula is C58H52Au2N2P2+2. The summed E-state index contributed by atoms with van der Waals surface area (Å²) < 4.78 is 4.25. The van der Waals surface area contributed by atoms with Gasteiger partial charge in [0.2, 0.25) is 0 Å². The van der Waals surface area contributed by atoms with E-state index in [1.54, 1.807) is 15.9 Å². The van der Waals surface area contributed by atoms with E-state index < -0.39 is 15.8 Å². The molecular weight excluding hydrogens is 1180 g/mol. The summed E-state index contributed by atoms with van der Waals surface area (Å²) in [7, 11) is 2.79. The molecule has 324 valence electrons. The van der Waals surface area contributed by atoms with Crippen LogP contribution in [-0.4, -0.2) is 27.1 Å². The monoisotopic (exact) mass is 1230 g/mol. The standard InChI is InChI=1S/C28H30P2.2C15H10N.2Au/c1-5-15-25(16-6-1)29(26-17-7-2-8-18-26)23-13-14-24-30(27-19-9-3-10-20-27)28-21-11-4-12-22-28;2*1-3-11-7-6-9-13-12-8-4-5-10-14(12)16(2)15(11)13;;/h1-12,15-21,28H,13-14,22-24H2;2*4-10H,2H3;;/q;2*-1;2*+1/p+2. The van der Waals surface area contributed by atoms with Gasteiger partial charge in [0.15, 0.2) is 0 Å². The van der Waals surface area contributed by atoms with Gasteiger partial charge in [-0.05, 0) is 89.3 Å². The van der Waals surface area contributed by atoms with Gasteiger partial charge in [-0.2, -0.15) is 0 Å². The van der Waals surface area contributed by atoms with E-state index in [1.165, 1.54) is 64.2 Å². The van der Waals surface area contributed by atoms with Gasteiger partial charge in [-0.15, -0.1) is 23.3 Å². The number of nitrogens with zero attached hydrogens (tertiary/aromatic N) is 2. The Kier molecular flexibility index (Phi) is 18.1. The number of aryl methyl sites for hydroxylation is 2. The second-order valence-corrected chi connectivity index (χ2v) is 21.3. The SMILES string of the molecule is C1=CCC([PH+](CCCC[PH+](c2ccccc2)c2ccccc2)c2ccccc2)C=C1.[Au+].[Au+].[C-]#Cc1cccc2c3ccccc3n(C)c12.[C-]#Cc1cccc2c3ccccc3n(C)c12. The maximum absolute atomic E-state index is 7.33. The fourth-order valence-electron chi connectivity index (χ4n) is 9.06. The molecule has 2 nitrogen and oxygen atoms in total. The number of allylic oxidation sites excluding steroid dienone is 4. The van der Waals surface area contributed by atoms with Crippen molar-refractivity contribution in [2.75, 3.05) is 12.3 Å². The first kappa shape index (κ1) is 48.5. The van der Waals surface area contributed by atoms with Crippen LogP contribution in [0.5, 0.6) is 0 Å². The summed E-state index contributed by atoms with van der Waals surface area (Å²) in [5, 5.41) is 9.54. The maximum atomic E-state index is 7.33. The number of hydrogen-bond donors (Lipinski definition) is 0. The van der Waals surface area contributed by atoms with Crippen LogP contribution in [0.4, 0.5) is 0 Å². The average Bonchev–Trinajstić information content (AvgIpc) is 3.81. The molecule has 0 fully saturated rings. The number of rotatable bonds is 9. The van der Waals surface area contributed by atoms with E-state index in [0.717, 1.165) is 27.8 Å². The van der Waals surface area contributed by atoms with E-state index in [9.17, 15) is 0 Å². The third kappa shape index (κ3) is 10.9. The van der Waals surface area contributed by atoms with Crippen molar-refractivity contribution in [2.24, 2.45) is 14.1 Å². The first-order chi connectivity index (χ1) is 30.6. The summed E-state index contributed by atoms with van der Waals surface area (Å²) in [5.74, 6) is 5.00. The predicted octanol–water partition coefficient (Wildman–Crippen LogP) is 12.6. The summed E-state index contributed by atoms with van der Waals surface area (Å²) in [5.41, 5.74) is 6.97. The minimum atomic E-state index is -0.700. The Labute approximate surface area is 413 Å². The molecule has 1 aliphatic carbocycles. The smallest absolute Gasteiger partial charge is 0.366 e. The molecule has 0 bridgehead atoms. The summed E-state index contributed by atoms with van der Waals surface area (Å²) in [6, 6.07) is 62.3. The van der Waals surface area contributed by atoms with Crippen LogP contribution in [0.1, 0.15) is 30.4 Å². The van der Waals surface area contributed by atoms with Crippen molar-refractivity contribution in [2.45, 2.75) is 24.9 Å². The van der Waals surface area contributed by atoms with Crippen LogP contribution in [0.15, 0.2) is 200 Å². The van der Waals surface area contributed by atoms with Gasteiger partial charge in [-0.1, -0.05) is 133 Å². The number of hydrogen-bond acceptors (Lipinski definition) is 0. The van der Waals surface area contributed by atoms with Crippen molar-refractivity contribution in [3.8, 4) is 11.8 Å². The van der Waals surface area contributed by atoms with E-state index in [1.807, 2.05) is 62.6 Å². The molecule has 0 aliphatic heterocycles. The van der Waals surface area contributed by atoms with Crippen molar-refractivity contribution in [1.29, 1.82) is 0 Å². The fraction of sp³-hybridized carbons (Fsp3) is 0.138. The van der Waals surface area contributed by atoms with Gasteiger partial charge in [0, 0.05) is 50.2 Å². The first-order valence-corrected chi connectivity index (χ1v) is 25.1. The third-order valence-corrected chi connectivity index (χ3v) is 18.3. The van der Waals surface area contributed by atoms with Crippen LogP contribution in [0, 0.1) is 24.7 Å². The largest absolute Gasteiger partial charge is 1.00 e. The number of benzene rings is 7. The van der Waals surface area contributed by atoms with Gasteiger partial charge in [-0.3, -0.25) is 11.8 Å². The van der Waals surface area contributed by atoms with Crippen LogP contribution >= 0.6 is 15.8 Å². The number of para-hydroxylation sites is 4. The maximum Gasteiger partial charge on any atom is 1.00 e. The van der Waals surface area contributed by atoms with Crippen molar-refractivity contribution in [3.63, 3.8) is 0 Å². The second-order valence-electron chi connectivity index (χ2n) is 15.8. The van der Waals surface area contributed by atoms with E-state index in [-0.39, 0.29) is 44.8 Å². The summed E-state index contributed by atoms with van der Waals surface area (Å²) in [4.78, 5) is 0. The van der Waals surface area contributed by atoms with Gasteiger partial charge in [0.1, 0.15) is 0 Å². The van der Waals surface area contributed by atoms with E-state index in [0.29, 0.717) is 0 Å². The molecule has 7 aromatic carbocycles. The van der Waals surface area contributed by atoms with Crippen LogP contribution in [0.3, 0.4) is 0 Å². The molecule has 0 radical (unpaired) electrons. The molecule has 0 spiro atoms. The van der Waals surface area contributed by atoms with Crippen molar-refractivity contribution < 1.29 is 44.8 Å². The second kappa shape index (κ2) is 23.8. The van der Waals surface area contributed by atoms with Crippen LogP contribution in [0.2, 0.25) is 0 Å². The number of aromatic nitrogens is 2. The topological polar surface area (TPSA) is 9.86 Å². The molecule has 10 rings (SSSR count). The predicted molar refractivity (Wildman–Crippen MR) is 274 cm³/mol. The molecule has 0 N–H and O–H groups in total. The quantitative estimate of drug-likeness (QED) is 0.0448. The van der Waals surface area contributed by atoms with Crippen molar-refractivity contribution in [3.05, 3.63) is 224 Å². The van der Waals surface area contributed by atoms with Gasteiger partial charge in [-0.25, -0.2) is 0 Å². The molecule has 2 aromatic heterocycles. The Morgan fingerprint density at radius 3 is 1.36 bits per heavy atom. The summed E-state index contributed by atoms with van der Waals surface area (Å²) >= 11 is 0. The Bertz CT molecular complexity index is 2890. The van der Waals surface area contributed by atoms with Crippen LogP contribution < -0.4 is 15.9 Å². The van der Waals surface area contributed by atoms with Gasteiger partial charge >= 0.3 is 44.8 Å². The zero-order chi connectivity index (χ0) is 42.7. The first-order valence-electron chi connectivity index (χ1n) is 21.6. The molecule has 2 unspecified atom stereocenters. The van der Waals surface area contributed by atoms with Crippen LogP contribution in [0.25, 0.3) is 43.6 Å². The Morgan fingerprint density at radius 1 is 0.484 bits per heavy atom. The minimum absolute atomic E-state index is 0. The van der Waals surface area contributed by atoms with E-state index >= 15 is 0 Å². The Balaban J connectivity index is 0.000000170. The van der Waals surface area contributed by atoms with Gasteiger partial charge in [0.25, 0.3) is 0 Å². The molecule has 0 saturated heterocycles. The van der Waals surface area contributed by atoms with Crippen molar-refractivity contribution >= 4 is 75.4 Å². The molecule has 9 aromatic rings. The van der Waals surface area contributed by atoms with Crippen molar-refractivity contribution in [1.82, 2.24) is 9.13 Å². The van der Waals surface area contributed by atoms with Crippen LogP contribution in [-0.2, 0) is 58.9 Å². The fourth-order valence-corrected chi connectivity index (χ4v) is 14.9. The summed E-state index contributed by atoms with van der Waals surface area (Å²) in [6.07, 6.45) is 30.5. The van der Waals surface area contributed by atoms with Gasteiger partial charge in [0.05, 0.1) is 41.8 Å². The Morgan fingerprint density at radius 2 is 0.906 bits per heavy atom. The molecule has 0 saturated carbocycles. The third-order valence-electron chi connectivity index (χ3n) is 12.1. The normalized spacial score (nSPS) is 13.2. The van der Waals surface area contributed by atoms with Gasteiger partial charge < -0.3 is 22.0 Å². The van der Waals surface area contributed by atoms with E-state index in [4.69, 9.17) is 12.8 Å². The number of fused-ring (bicyclic) bond motifs is 6. The molecule has 0 amide bonds. The number of unbranched alkanes of at least 4 members (excludes halogenated alkanes) is 1. The zero-order valence-corrected chi connectivity index (χ0v) is 42.5.